The Labute approximate surface area is 162 Å². The predicted molar refractivity (Wildman–Crippen MR) is 102 cm³/mol. The van der Waals surface area contributed by atoms with E-state index in [9.17, 15) is 22.8 Å². The van der Waals surface area contributed by atoms with Gasteiger partial charge >= 0.3 is 5.97 Å². The molecule has 2 aliphatic heterocycles. The largest absolute Gasteiger partial charge is 0.465 e. The zero-order valence-corrected chi connectivity index (χ0v) is 16.4. The van der Waals surface area contributed by atoms with E-state index >= 15 is 0 Å². The molecule has 28 heavy (non-hydrogen) atoms. The SMILES string of the molecule is COC(=O)c1ccc(C)c(NC(=O)C2=NN([C@@H]3CCS(=O)(=O)C3)C(=O)CC2)c1. The van der Waals surface area contributed by atoms with E-state index in [0.29, 0.717) is 17.7 Å². The van der Waals surface area contributed by atoms with Gasteiger partial charge in [0.2, 0.25) is 5.91 Å². The first-order valence-corrected chi connectivity index (χ1v) is 10.6. The molecule has 9 nitrogen and oxygen atoms in total. The molecule has 0 unspecified atom stereocenters. The molecule has 10 heteroatoms. The van der Waals surface area contributed by atoms with E-state index in [1.54, 1.807) is 19.1 Å². The van der Waals surface area contributed by atoms with Crippen molar-refractivity contribution < 1.29 is 27.5 Å². The Kier molecular flexibility index (Phi) is 5.50. The fourth-order valence-corrected chi connectivity index (χ4v) is 4.88. The molecular formula is C18H21N3O6S. The summed E-state index contributed by atoms with van der Waals surface area (Å²) in [7, 11) is -1.91. The van der Waals surface area contributed by atoms with Crippen LogP contribution in [-0.4, -0.2) is 61.6 Å². The average Bonchev–Trinajstić information content (AvgIpc) is 3.02. The maximum absolute atomic E-state index is 12.7. The molecule has 2 heterocycles. The molecular weight excluding hydrogens is 386 g/mol. The number of rotatable bonds is 4. The van der Waals surface area contributed by atoms with Crippen LogP contribution in [0.4, 0.5) is 5.69 Å². The summed E-state index contributed by atoms with van der Waals surface area (Å²) < 4.78 is 28.1. The van der Waals surface area contributed by atoms with E-state index in [-0.39, 0.29) is 36.0 Å². The Morgan fingerprint density at radius 3 is 2.68 bits per heavy atom. The highest BCUT2D eigenvalue weighted by molar-refractivity contribution is 7.91. The van der Waals surface area contributed by atoms with Crippen LogP contribution in [0.2, 0.25) is 0 Å². The monoisotopic (exact) mass is 407 g/mol. The van der Waals surface area contributed by atoms with Gasteiger partial charge in [-0.3, -0.25) is 9.59 Å². The van der Waals surface area contributed by atoms with E-state index in [4.69, 9.17) is 0 Å². The van der Waals surface area contributed by atoms with Gasteiger partial charge in [0.05, 0.1) is 30.2 Å². The van der Waals surface area contributed by atoms with Crippen molar-refractivity contribution in [1.82, 2.24) is 5.01 Å². The first kappa shape index (κ1) is 20.0. The summed E-state index contributed by atoms with van der Waals surface area (Å²) in [6, 6.07) is 4.25. The Balaban J connectivity index is 1.80. The van der Waals surface area contributed by atoms with Gasteiger partial charge in [0.1, 0.15) is 5.71 Å². The number of carbonyl (C=O) groups is 3. The summed E-state index contributed by atoms with van der Waals surface area (Å²) in [5.74, 6) is -1.44. The third-order valence-corrected chi connectivity index (χ3v) is 6.53. The smallest absolute Gasteiger partial charge is 0.337 e. The highest BCUT2D eigenvalue weighted by Gasteiger charge is 2.37. The number of amides is 2. The van der Waals surface area contributed by atoms with Crippen LogP contribution < -0.4 is 5.32 Å². The molecule has 0 aromatic heterocycles. The molecule has 1 N–H and O–H groups in total. The molecule has 0 aliphatic carbocycles. The summed E-state index contributed by atoms with van der Waals surface area (Å²) in [6.07, 6.45) is 0.563. The second-order valence-electron chi connectivity index (χ2n) is 6.82. The molecule has 2 amide bonds. The number of hydrogen-bond donors (Lipinski definition) is 1. The van der Waals surface area contributed by atoms with Crippen LogP contribution in [0.25, 0.3) is 0 Å². The average molecular weight is 407 g/mol. The molecule has 0 spiro atoms. The number of nitrogens with one attached hydrogen (secondary N) is 1. The number of aryl methyl sites for hydroxylation is 1. The summed E-state index contributed by atoms with van der Waals surface area (Å²) >= 11 is 0. The van der Waals surface area contributed by atoms with E-state index in [2.05, 4.69) is 15.2 Å². The Morgan fingerprint density at radius 2 is 2.04 bits per heavy atom. The summed E-state index contributed by atoms with van der Waals surface area (Å²) in [5, 5.41) is 7.99. The van der Waals surface area contributed by atoms with Gasteiger partial charge in [-0.05, 0) is 31.0 Å². The lowest BCUT2D eigenvalue weighted by atomic mass is 10.1. The van der Waals surface area contributed by atoms with Crippen LogP contribution in [0.3, 0.4) is 0 Å². The van der Waals surface area contributed by atoms with Gasteiger partial charge in [-0.2, -0.15) is 5.10 Å². The molecule has 0 saturated carbocycles. The molecule has 1 fully saturated rings. The molecule has 1 atom stereocenters. The van der Waals surface area contributed by atoms with Crippen molar-refractivity contribution in [2.24, 2.45) is 5.10 Å². The standard InChI is InChI=1S/C18H21N3O6S/c1-11-3-4-12(18(24)27-2)9-15(11)19-17(23)14-5-6-16(22)21(20-14)13-7-8-28(25,26)10-13/h3-4,9,13H,5-8,10H2,1-2H3,(H,19,23)/t13-/m1/s1. The lowest BCUT2D eigenvalue weighted by Crippen LogP contribution is -2.42. The zero-order valence-electron chi connectivity index (χ0n) is 15.6. The number of benzene rings is 1. The molecule has 0 bridgehead atoms. The molecule has 2 aliphatic rings. The summed E-state index contributed by atoms with van der Waals surface area (Å²) in [5.41, 5.74) is 1.61. The normalized spacial score (nSPS) is 21.2. The van der Waals surface area contributed by atoms with Crippen molar-refractivity contribution in [2.75, 3.05) is 23.9 Å². The second-order valence-corrected chi connectivity index (χ2v) is 9.05. The minimum Gasteiger partial charge on any atom is -0.465 e. The van der Waals surface area contributed by atoms with Gasteiger partial charge in [0.15, 0.2) is 9.84 Å². The number of hydrazone groups is 1. The molecule has 3 rings (SSSR count). The number of hydrogen-bond acceptors (Lipinski definition) is 7. The fraction of sp³-hybridized carbons (Fsp3) is 0.444. The van der Waals surface area contributed by atoms with Crippen molar-refractivity contribution in [3.05, 3.63) is 29.3 Å². The number of carbonyl (C=O) groups excluding carboxylic acids is 3. The molecule has 1 saturated heterocycles. The number of sulfone groups is 1. The predicted octanol–water partition coefficient (Wildman–Crippen LogP) is 0.886. The number of ether oxygens (including phenoxy) is 1. The summed E-state index contributed by atoms with van der Waals surface area (Å²) in [6.45, 7) is 1.78. The van der Waals surface area contributed by atoms with Crippen molar-refractivity contribution >= 4 is 39.0 Å². The summed E-state index contributed by atoms with van der Waals surface area (Å²) in [4.78, 5) is 36.5. The fourth-order valence-electron chi connectivity index (χ4n) is 3.18. The minimum atomic E-state index is -3.18. The van der Waals surface area contributed by atoms with E-state index in [0.717, 1.165) is 10.6 Å². The molecule has 0 radical (unpaired) electrons. The number of esters is 1. The molecule has 1 aromatic rings. The maximum Gasteiger partial charge on any atom is 0.337 e. The maximum atomic E-state index is 12.7. The zero-order chi connectivity index (χ0) is 20.5. The van der Waals surface area contributed by atoms with Crippen LogP contribution in [-0.2, 0) is 24.2 Å². The Hall–Kier alpha value is -2.75. The van der Waals surface area contributed by atoms with Crippen LogP contribution in [0.15, 0.2) is 23.3 Å². The van der Waals surface area contributed by atoms with Crippen molar-refractivity contribution in [2.45, 2.75) is 32.2 Å². The second kappa shape index (κ2) is 7.70. The highest BCUT2D eigenvalue weighted by Crippen LogP contribution is 2.23. The molecule has 1 aromatic carbocycles. The van der Waals surface area contributed by atoms with Gasteiger partial charge < -0.3 is 10.1 Å². The third-order valence-electron chi connectivity index (χ3n) is 4.78. The van der Waals surface area contributed by atoms with Crippen LogP contribution >= 0.6 is 0 Å². The quantitative estimate of drug-likeness (QED) is 0.740. The third kappa shape index (κ3) is 4.22. The van der Waals surface area contributed by atoms with Gasteiger partial charge in [0, 0.05) is 18.5 Å². The lowest BCUT2D eigenvalue weighted by Gasteiger charge is -2.27. The molecule has 150 valence electrons. The topological polar surface area (TPSA) is 122 Å². The van der Waals surface area contributed by atoms with Crippen LogP contribution in [0.5, 0.6) is 0 Å². The van der Waals surface area contributed by atoms with Gasteiger partial charge in [0.25, 0.3) is 5.91 Å². The minimum absolute atomic E-state index is 0.0119. The van der Waals surface area contributed by atoms with E-state index < -0.39 is 27.8 Å². The van der Waals surface area contributed by atoms with Crippen molar-refractivity contribution in [3.8, 4) is 0 Å². The first-order valence-electron chi connectivity index (χ1n) is 8.80. The van der Waals surface area contributed by atoms with Crippen LogP contribution in [0, 0.1) is 6.92 Å². The number of methoxy groups -OCH3 is 1. The van der Waals surface area contributed by atoms with Crippen LogP contribution in [0.1, 0.15) is 35.2 Å². The van der Waals surface area contributed by atoms with E-state index in [1.165, 1.54) is 13.2 Å². The number of anilines is 1. The Bertz CT molecular complexity index is 970. The van der Waals surface area contributed by atoms with Gasteiger partial charge in [-0.1, -0.05) is 6.07 Å². The highest BCUT2D eigenvalue weighted by atomic mass is 32.2. The van der Waals surface area contributed by atoms with Gasteiger partial charge in [-0.25, -0.2) is 18.2 Å². The van der Waals surface area contributed by atoms with Crippen molar-refractivity contribution in [1.29, 1.82) is 0 Å². The van der Waals surface area contributed by atoms with E-state index in [1.807, 2.05) is 0 Å². The Morgan fingerprint density at radius 1 is 1.29 bits per heavy atom. The van der Waals surface area contributed by atoms with Gasteiger partial charge in [-0.15, -0.1) is 0 Å². The number of nitrogens with zero attached hydrogens (tertiary/aromatic N) is 2. The lowest BCUT2D eigenvalue weighted by molar-refractivity contribution is -0.133. The first-order chi connectivity index (χ1) is 13.2. The van der Waals surface area contributed by atoms with Crippen molar-refractivity contribution in [3.63, 3.8) is 0 Å².